The Bertz CT molecular complexity index is 506. The van der Waals surface area contributed by atoms with Gasteiger partial charge in [-0.15, -0.1) is 11.8 Å². The highest BCUT2D eigenvalue weighted by Crippen LogP contribution is 2.17. The van der Waals surface area contributed by atoms with Gasteiger partial charge in [0.1, 0.15) is 6.04 Å². The Kier molecular flexibility index (Phi) is 6.94. The average Bonchev–Trinajstić information content (AvgIpc) is 2.44. The molecule has 2 amide bonds. The van der Waals surface area contributed by atoms with E-state index in [-0.39, 0.29) is 11.8 Å². The molecule has 0 heterocycles. The van der Waals surface area contributed by atoms with Crippen LogP contribution in [0.3, 0.4) is 0 Å². The minimum absolute atomic E-state index is 0.121. The highest BCUT2D eigenvalue weighted by atomic mass is 32.2. The van der Waals surface area contributed by atoms with Crippen LogP contribution in [0.5, 0.6) is 0 Å². The Balaban J connectivity index is 2.28. The number of nitrogens with one attached hydrogen (secondary N) is 2. The van der Waals surface area contributed by atoms with Crippen LogP contribution < -0.4 is 10.6 Å². The van der Waals surface area contributed by atoms with Gasteiger partial charge in [0.15, 0.2) is 0 Å². The van der Waals surface area contributed by atoms with E-state index >= 15 is 0 Å². The SMILES string of the molecule is Cc1ccc(SCCNC(=O)C(C)NC(=O)C(C)(C)C)cc1. The number of carbonyl (C=O) groups is 2. The molecule has 2 N–H and O–H groups in total. The van der Waals surface area contributed by atoms with Gasteiger partial charge in [0.2, 0.25) is 11.8 Å². The van der Waals surface area contributed by atoms with E-state index in [9.17, 15) is 9.59 Å². The van der Waals surface area contributed by atoms with Crippen molar-refractivity contribution in [3.8, 4) is 0 Å². The van der Waals surface area contributed by atoms with Crippen LogP contribution in [-0.2, 0) is 9.59 Å². The third-order valence-corrected chi connectivity index (χ3v) is 4.13. The molecule has 0 aliphatic carbocycles. The van der Waals surface area contributed by atoms with Crippen molar-refractivity contribution in [2.45, 2.75) is 45.6 Å². The molecule has 0 spiro atoms. The zero-order chi connectivity index (χ0) is 16.8. The first-order chi connectivity index (χ1) is 10.2. The maximum Gasteiger partial charge on any atom is 0.242 e. The summed E-state index contributed by atoms with van der Waals surface area (Å²) in [4.78, 5) is 24.9. The lowest BCUT2D eigenvalue weighted by molar-refractivity contribution is -0.133. The van der Waals surface area contributed by atoms with Gasteiger partial charge in [-0.05, 0) is 26.0 Å². The molecule has 0 saturated carbocycles. The summed E-state index contributed by atoms with van der Waals surface area (Å²) in [6.45, 7) is 9.81. The number of hydrogen-bond donors (Lipinski definition) is 2. The first-order valence-electron chi connectivity index (χ1n) is 7.48. The smallest absolute Gasteiger partial charge is 0.242 e. The van der Waals surface area contributed by atoms with Crippen LogP contribution in [0.1, 0.15) is 33.3 Å². The standard InChI is InChI=1S/C17H26N2O2S/c1-12-6-8-14(9-7-12)22-11-10-18-15(20)13(2)19-16(21)17(3,4)5/h6-9,13H,10-11H2,1-5H3,(H,18,20)(H,19,21). The number of aryl methyl sites for hydroxylation is 1. The van der Waals surface area contributed by atoms with Crippen LogP contribution in [0.4, 0.5) is 0 Å². The van der Waals surface area contributed by atoms with Gasteiger partial charge in [0.25, 0.3) is 0 Å². The summed E-state index contributed by atoms with van der Waals surface area (Å²) in [5.41, 5.74) is 0.747. The second-order valence-electron chi connectivity index (χ2n) is 6.40. The fraction of sp³-hybridized carbons (Fsp3) is 0.529. The van der Waals surface area contributed by atoms with Gasteiger partial charge in [-0.1, -0.05) is 38.5 Å². The van der Waals surface area contributed by atoms with Crippen molar-refractivity contribution in [2.75, 3.05) is 12.3 Å². The van der Waals surface area contributed by atoms with Gasteiger partial charge in [-0.3, -0.25) is 9.59 Å². The summed E-state index contributed by atoms with van der Waals surface area (Å²) in [6.07, 6.45) is 0. The second kappa shape index (κ2) is 8.22. The van der Waals surface area contributed by atoms with Gasteiger partial charge in [0.05, 0.1) is 0 Å². The zero-order valence-electron chi connectivity index (χ0n) is 14.0. The molecular formula is C17H26N2O2S. The molecule has 0 aliphatic heterocycles. The maximum absolute atomic E-state index is 11.9. The predicted molar refractivity (Wildman–Crippen MR) is 92.0 cm³/mol. The Morgan fingerprint density at radius 3 is 2.32 bits per heavy atom. The summed E-state index contributed by atoms with van der Waals surface area (Å²) in [6, 6.07) is 7.79. The summed E-state index contributed by atoms with van der Waals surface area (Å²) in [7, 11) is 0. The Hall–Kier alpha value is -1.49. The first-order valence-corrected chi connectivity index (χ1v) is 8.47. The summed E-state index contributed by atoms with van der Waals surface area (Å²) < 4.78 is 0. The Morgan fingerprint density at radius 1 is 1.18 bits per heavy atom. The highest BCUT2D eigenvalue weighted by molar-refractivity contribution is 7.99. The fourth-order valence-electron chi connectivity index (χ4n) is 1.61. The van der Waals surface area contributed by atoms with Crippen LogP contribution in [0.2, 0.25) is 0 Å². The number of thioether (sulfide) groups is 1. The molecule has 0 aromatic heterocycles. The van der Waals surface area contributed by atoms with Crippen molar-refractivity contribution >= 4 is 23.6 Å². The molecule has 0 aliphatic rings. The molecule has 4 nitrogen and oxygen atoms in total. The summed E-state index contributed by atoms with van der Waals surface area (Å²) in [5, 5.41) is 5.57. The van der Waals surface area contributed by atoms with Gasteiger partial charge in [-0.25, -0.2) is 0 Å². The lowest BCUT2D eigenvalue weighted by atomic mass is 9.95. The lowest BCUT2D eigenvalue weighted by Crippen LogP contribution is -2.48. The minimum atomic E-state index is -0.518. The van der Waals surface area contributed by atoms with Gasteiger partial charge in [0, 0.05) is 22.6 Å². The number of hydrogen-bond acceptors (Lipinski definition) is 3. The molecule has 0 fully saturated rings. The van der Waals surface area contributed by atoms with Crippen molar-refractivity contribution < 1.29 is 9.59 Å². The highest BCUT2D eigenvalue weighted by Gasteiger charge is 2.24. The molecule has 0 radical (unpaired) electrons. The topological polar surface area (TPSA) is 58.2 Å². The van der Waals surface area contributed by atoms with Crippen molar-refractivity contribution in [1.82, 2.24) is 10.6 Å². The van der Waals surface area contributed by atoms with E-state index in [0.29, 0.717) is 6.54 Å². The quantitative estimate of drug-likeness (QED) is 0.625. The molecule has 5 heteroatoms. The molecule has 1 rings (SSSR count). The van der Waals surface area contributed by atoms with E-state index in [1.54, 1.807) is 18.7 Å². The molecule has 0 bridgehead atoms. The fourth-order valence-corrected chi connectivity index (χ4v) is 2.38. The summed E-state index contributed by atoms with van der Waals surface area (Å²) >= 11 is 1.70. The van der Waals surface area contributed by atoms with Crippen LogP contribution in [0, 0.1) is 12.3 Å². The number of rotatable bonds is 6. The van der Waals surface area contributed by atoms with Crippen LogP contribution in [0.15, 0.2) is 29.2 Å². The van der Waals surface area contributed by atoms with Crippen LogP contribution in [0.25, 0.3) is 0 Å². The summed E-state index contributed by atoms with van der Waals surface area (Å²) in [5.74, 6) is 0.528. The second-order valence-corrected chi connectivity index (χ2v) is 7.57. The van der Waals surface area contributed by atoms with Crippen LogP contribution >= 0.6 is 11.8 Å². The average molecular weight is 322 g/mol. The molecule has 22 heavy (non-hydrogen) atoms. The maximum atomic E-state index is 11.9. The number of benzene rings is 1. The Morgan fingerprint density at radius 2 is 1.77 bits per heavy atom. The van der Waals surface area contributed by atoms with E-state index in [1.807, 2.05) is 20.8 Å². The lowest BCUT2D eigenvalue weighted by Gasteiger charge is -2.21. The number of carbonyl (C=O) groups excluding carboxylic acids is 2. The monoisotopic (exact) mass is 322 g/mol. The third kappa shape index (κ3) is 6.52. The molecular weight excluding hydrogens is 296 g/mol. The molecule has 122 valence electrons. The van der Waals surface area contributed by atoms with E-state index < -0.39 is 11.5 Å². The molecule has 1 aromatic carbocycles. The van der Waals surface area contributed by atoms with Crippen LogP contribution in [-0.4, -0.2) is 30.2 Å². The van der Waals surface area contributed by atoms with Gasteiger partial charge >= 0.3 is 0 Å². The van der Waals surface area contributed by atoms with E-state index in [4.69, 9.17) is 0 Å². The predicted octanol–water partition coefficient (Wildman–Crippen LogP) is 2.75. The molecule has 1 unspecified atom stereocenters. The first kappa shape index (κ1) is 18.6. The molecule has 1 aromatic rings. The molecule has 1 atom stereocenters. The van der Waals surface area contributed by atoms with Crippen molar-refractivity contribution in [3.63, 3.8) is 0 Å². The van der Waals surface area contributed by atoms with E-state index in [0.717, 1.165) is 5.75 Å². The normalized spacial score (nSPS) is 12.6. The Labute approximate surface area is 137 Å². The van der Waals surface area contributed by atoms with E-state index in [1.165, 1.54) is 10.5 Å². The largest absolute Gasteiger partial charge is 0.353 e. The van der Waals surface area contributed by atoms with Crippen molar-refractivity contribution in [2.24, 2.45) is 5.41 Å². The van der Waals surface area contributed by atoms with E-state index in [2.05, 4.69) is 41.8 Å². The van der Waals surface area contributed by atoms with Crippen molar-refractivity contribution in [1.29, 1.82) is 0 Å². The third-order valence-electron chi connectivity index (χ3n) is 3.11. The van der Waals surface area contributed by atoms with Crippen molar-refractivity contribution in [3.05, 3.63) is 29.8 Å². The zero-order valence-corrected chi connectivity index (χ0v) is 14.8. The van der Waals surface area contributed by atoms with Gasteiger partial charge < -0.3 is 10.6 Å². The minimum Gasteiger partial charge on any atom is -0.353 e. The number of amides is 2. The molecule has 0 saturated heterocycles. The van der Waals surface area contributed by atoms with Gasteiger partial charge in [-0.2, -0.15) is 0 Å².